The molecule has 0 amide bonds. The van der Waals surface area contributed by atoms with Gasteiger partial charge in [0.05, 0.1) is 5.56 Å². The van der Waals surface area contributed by atoms with Crippen LogP contribution in [0.3, 0.4) is 0 Å². The van der Waals surface area contributed by atoms with Gasteiger partial charge in [-0.2, -0.15) is 9.65 Å². The molecule has 0 fully saturated rings. The van der Waals surface area contributed by atoms with E-state index in [1.807, 2.05) is 6.07 Å². The molecule has 0 saturated heterocycles. The molecule has 0 saturated carbocycles. The molecule has 0 aliphatic rings. The Labute approximate surface area is 118 Å². The number of nitriles is 1. The van der Waals surface area contributed by atoms with Crippen molar-refractivity contribution in [2.45, 2.75) is 0 Å². The maximum Gasteiger partial charge on any atom is 0.233 e. The third kappa shape index (κ3) is 2.15. The number of thiazole rings is 1. The molecule has 0 aliphatic carbocycles. The highest BCUT2D eigenvalue weighted by molar-refractivity contribution is 7.18. The molecule has 4 nitrogen and oxygen atoms in total. The van der Waals surface area contributed by atoms with E-state index in [2.05, 4.69) is 15.0 Å². The van der Waals surface area contributed by atoms with Gasteiger partial charge in [-0.15, -0.1) is 11.3 Å². The summed E-state index contributed by atoms with van der Waals surface area (Å²) >= 11 is 1.16. The SMILES string of the molecule is N#Cc1cccnc1-c1sc(-c2cccnc2)nc1F. The van der Waals surface area contributed by atoms with Gasteiger partial charge in [-0.1, -0.05) is 0 Å². The standard InChI is InChI=1S/C14H7FN4S/c15-13-12(11-9(7-16)3-2-6-18-11)20-14(19-13)10-4-1-5-17-8-10/h1-6,8H. The quantitative estimate of drug-likeness (QED) is 0.723. The molecule has 96 valence electrons. The fourth-order valence-electron chi connectivity index (χ4n) is 1.74. The van der Waals surface area contributed by atoms with Crippen LogP contribution >= 0.6 is 11.3 Å². The summed E-state index contributed by atoms with van der Waals surface area (Å²) in [6.07, 6.45) is 4.78. The van der Waals surface area contributed by atoms with Crippen molar-refractivity contribution < 1.29 is 4.39 Å². The van der Waals surface area contributed by atoms with Crippen LogP contribution in [0.1, 0.15) is 5.56 Å². The molecule has 0 aliphatic heterocycles. The third-order valence-corrected chi connectivity index (χ3v) is 3.72. The van der Waals surface area contributed by atoms with Crippen LogP contribution in [0, 0.1) is 17.3 Å². The summed E-state index contributed by atoms with van der Waals surface area (Å²) in [4.78, 5) is 12.2. The first-order valence-corrected chi connectivity index (χ1v) is 6.53. The van der Waals surface area contributed by atoms with Crippen molar-refractivity contribution in [2.24, 2.45) is 0 Å². The predicted octanol–water partition coefficient (Wildman–Crippen LogP) is 3.28. The van der Waals surface area contributed by atoms with Gasteiger partial charge in [-0.3, -0.25) is 9.97 Å². The molecule has 0 unspecified atom stereocenters. The van der Waals surface area contributed by atoms with Crippen molar-refractivity contribution in [3.63, 3.8) is 0 Å². The molecule has 3 aromatic heterocycles. The van der Waals surface area contributed by atoms with Crippen molar-refractivity contribution >= 4 is 11.3 Å². The Morgan fingerprint density at radius 2 is 2.05 bits per heavy atom. The molecule has 3 heterocycles. The summed E-state index contributed by atoms with van der Waals surface area (Å²) in [6, 6.07) is 8.82. The second-order valence-electron chi connectivity index (χ2n) is 3.89. The molecule has 6 heteroatoms. The zero-order valence-corrected chi connectivity index (χ0v) is 10.9. The minimum absolute atomic E-state index is 0.265. The maximum atomic E-state index is 14.0. The minimum Gasteiger partial charge on any atom is -0.264 e. The van der Waals surface area contributed by atoms with Crippen LogP contribution in [0.15, 0.2) is 42.9 Å². The maximum absolute atomic E-state index is 14.0. The predicted molar refractivity (Wildman–Crippen MR) is 73.2 cm³/mol. The lowest BCUT2D eigenvalue weighted by Crippen LogP contribution is -1.88. The van der Waals surface area contributed by atoms with Crippen LogP contribution in [0.4, 0.5) is 4.39 Å². The monoisotopic (exact) mass is 282 g/mol. The Bertz CT molecular complexity index is 792. The average Bonchev–Trinajstić information content (AvgIpc) is 2.90. The molecule has 0 N–H and O–H groups in total. The van der Waals surface area contributed by atoms with E-state index in [1.54, 1.807) is 36.7 Å². The zero-order chi connectivity index (χ0) is 13.9. The largest absolute Gasteiger partial charge is 0.264 e. The first-order valence-electron chi connectivity index (χ1n) is 5.72. The molecule has 0 atom stereocenters. The lowest BCUT2D eigenvalue weighted by atomic mass is 10.2. The van der Waals surface area contributed by atoms with E-state index < -0.39 is 5.95 Å². The molecule has 3 aromatic rings. The minimum atomic E-state index is -0.621. The number of aromatic nitrogens is 3. The molecule has 0 bridgehead atoms. The van der Waals surface area contributed by atoms with E-state index in [4.69, 9.17) is 5.26 Å². The molecular weight excluding hydrogens is 275 g/mol. The lowest BCUT2D eigenvalue weighted by molar-refractivity contribution is 0.595. The van der Waals surface area contributed by atoms with E-state index in [1.165, 1.54) is 6.20 Å². The van der Waals surface area contributed by atoms with Crippen LogP contribution in [0.5, 0.6) is 0 Å². The van der Waals surface area contributed by atoms with Crippen molar-refractivity contribution in [3.8, 4) is 27.2 Å². The Morgan fingerprint density at radius 3 is 2.80 bits per heavy atom. The van der Waals surface area contributed by atoms with Crippen molar-refractivity contribution in [2.75, 3.05) is 0 Å². The van der Waals surface area contributed by atoms with Gasteiger partial charge in [-0.25, -0.2) is 4.98 Å². The van der Waals surface area contributed by atoms with Crippen LogP contribution in [0.25, 0.3) is 21.1 Å². The van der Waals surface area contributed by atoms with Gasteiger partial charge in [-0.05, 0) is 24.3 Å². The second kappa shape index (κ2) is 5.15. The first kappa shape index (κ1) is 12.4. The van der Waals surface area contributed by atoms with E-state index in [0.29, 0.717) is 16.3 Å². The second-order valence-corrected chi connectivity index (χ2v) is 4.89. The van der Waals surface area contributed by atoms with Gasteiger partial charge in [0, 0.05) is 24.2 Å². The number of pyridine rings is 2. The Balaban J connectivity index is 2.13. The summed E-state index contributed by atoms with van der Waals surface area (Å²) in [5, 5.41) is 9.57. The van der Waals surface area contributed by atoms with Crippen LogP contribution in [0.2, 0.25) is 0 Å². The smallest absolute Gasteiger partial charge is 0.233 e. The fourth-order valence-corrected chi connectivity index (χ4v) is 2.68. The Kier molecular flexibility index (Phi) is 3.19. The van der Waals surface area contributed by atoms with Crippen LogP contribution in [-0.2, 0) is 0 Å². The fraction of sp³-hybridized carbons (Fsp3) is 0. The number of nitrogens with zero attached hydrogens (tertiary/aromatic N) is 4. The highest BCUT2D eigenvalue weighted by Crippen LogP contribution is 2.34. The van der Waals surface area contributed by atoms with Crippen LogP contribution < -0.4 is 0 Å². The number of rotatable bonds is 2. The van der Waals surface area contributed by atoms with E-state index in [9.17, 15) is 4.39 Å². The third-order valence-electron chi connectivity index (χ3n) is 2.64. The average molecular weight is 282 g/mol. The summed E-state index contributed by atoms with van der Waals surface area (Å²) in [6.45, 7) is 0. The van der Waals surface area contributed by atoms with Crippen molar-refractivity contribution in [3.05, 3.63) is 54.4 Å². The molecule has 0 spiro atoms. The van der Waals surface area contributed by atoms with Crippen molar-refractivity contribution in [1.82, 2.24) is 15.0 Å². The summed E-state index contributed by atoms with van der Waals surface area (Å²) in [5.74, 6) is -0.621. The van der Waals surface area contributed by atoms with Gasteiger partial charge in [0.25, 0.3) is 0 Å². The normalized spacial score (nSPS) is 10.2. The summed E-state index contributed by atoms with van der Waals surface area (Å²) < 4.78 is 14.0. The Morgan fingerprint density at radius 1 is 1.20 bits per heavy atom. The van der Waals surface area contributed by atoms with Crippen LogP contribution in [-0.4, -0.2) is 15.0 Å². The van der Waals surface area contributed by atoms with Gasteiger partial charge in [0.1, 0.15) is 21.6 Å². The van der Waals surface area contributed by atoms with Gasteiger partial charge in [0.2, 0.25) is 5.95 Å². The molecular formula is C14H7FN4S. The van der Waals surface area contributed by atoms with E-state index >= 15 is 0 Å². The summed E-state index contributed by atoms with van der Waals surface area (Å²) in [7, 11) is 0. The highest BCUT2D eigenvalue weighted by atomic mass is 32.1. The number of halogens is 1. The molecule has 3 rings (SSSR count). The lowest BCUT2D eigenvalue weighted by Gasteiger charge is -1.97. The zero-order valence-electron chi connectivity index (χ0n) is 10.1. The molecule has 0 radical (unpaired) electrons. The first-order chi connectivity index (χ1) is 9.79. The Hall–Kier alpha value is -2.65. The van der Waals surface area contributed by atoms with E-state index in [-0.39, 0.29) is 4.88 Å². The molecule has 0 aromatic carbocycles. The topological polar surface area (TPSA) is 62.5 Å². The van der Waals surface area contributed by atoms with Gasteiger partial charge < -0.3 is 0 Å². The molecule has 20 heavy (non-hydrogen) atoms. The van der Waals surface area contributed by atoms with Gasteiger partial charge in [0.15, 0.2) is 0 Å². The van der Waals surface area contributed by atoms with Gasteiger partial charge >= 0.3 is 0 Å². The van der Waals surface area contributed by atoms with Crippen molar-refractivity contribution in [1.29, 1.82) is 5.26 Å². The number of hydrogen-bond donors (Lipinski definition) is 0. The highest BCUT2D eigenvalue weighted by Gasteiger charge is 2.17. The van der Waals surface area contributed by atoms with E-state index in [0.717, 1.165) is 16.9 Å². The number of hydrogen-bond acceptors (Lipinski definition) is 5. The summed E-state index contributed by atoms with van der Waals surface area (Å²) in [5.41, 5.74) is 1.38.